The zero-order valence-electron chi connectivity index (χ0n) is 15.6. The SMILES string of the molecule is CCCCNC(=O)NC(=O)CN(C)Cc1ccc(C(C)(C)C)cc1. The van der Waals surface area contributed by atoms with Gasteiger partial charge in [-0.2, -0.15) is 0 Å². The summed E-state index contributed by atoms with van der Waals surface area (Å²) in [4.78, 5) is 25.3. The number of urea groups is 1. The fourth-order valence-electron chi connectivity index (χ4n) is 2.31. The van der Waals surface area contributed by atoms with Crippen molar-refractivity contribution in [2.75, 3.05) is 20.1 Å². The molecule has 0 saturated heterocycles. The first-order valence-electron chi connectivity index (χ1n) is 8.58. The number of carbonyl (C=O) groups is 2. The summed E-state index contributed by atoms with van der Waals surface area (Å²) < 4.78 is 0. The lowest BCUT2D eigenvalue weighted by Gasteiger charge is -2.20. The molecule has 134 valence electrons. The molecular formula is C19H31N3O2. The molecule has 0 aliphatic carbocycles. The number of amides is 3. The summed E-state index contributed by atoms with van der Waals surface area (Å²) in [6, 6.07) is 8.02. The van der Waals surface area contributed by atoms with E-state index in [1.54, 1.807) is 0 Å². The van der Waals surface area contributed by atoms with Gasteiger partial charge < -0.3 is 5.32 Å². The average molecular weight is 333 g/mol. The first-order chi connectivity index (χ1) is 11.2. The standard InChI is InChI=1S/C19H31N3O2/c1-6-7-12-20-18(24)21-17(23)14-22(5)13-15-8-10-16(11-9-15)19(2,3)4/h8-11H,6-7,12-14H2,1-5H3,(H2,20,21,23,24). The van der Waals surface area contributed by atoms with Crippen molar-refractivity contribution in [3.05, 3.63) is 35.4 Å². The van der Waals surface area contributed by atoms with Crippen molar-refractivity contribution >= 4 is 11.9 Å². The van der Waals surface area contributed by atoms with Gasteiger partial charge in [-0.15, -0.1) is 0 Å². The monoisotopic (exact) mass is 333 g/mol. The first kappa shape index (κ1) is 20.2. The Morgan fingerprint density at radius 3 is 2.29 bits per heavy atom. The molecular weight excluding hydrogens is 302 g/mol. The predicted octanol–water partition coefficient (Wildman–Crippen LogP) is 3.04. The van der Waals surface area contributed by atoms with Gasteiger partial charge in [0.1, 0.15) is 0 Å². The fraction of sp³-hybridized carbons (Fsp3) is 0.579. The third-order valence-corrected chi connectivity index (χ3v) is 3.75. The number of imide groups is 1. The Morgan fingerprint density at radius 2 is 1.75 bits per heavy atom. The summed E-state index contributed by atoms with van der Waals surface area (Å²) in [5.41, 5.74) is 2.57. The second-order valence-corrected chi connectivity index (χ2v) is 7.28. The summed E-state index contributed by atoms with van der Waals surface area (Å²) in [5.74, 6) is -0.294. The maximum Gasteiger partial charge on any atom is 0.321 e. The number of likely N-dealkylation sites (N-methyl/N-ethyl adjacent to an activating group) is 1. The molecule has 2 N–H and O–H groups in total. The van der Waals surface area contributed by atoms with Crippen molar-refractivity contribution in [1.82, 2.24) is 15.5 Å². The van der Waals surface area contributed by atoms with Gasteiger partial charge in [-0.3, -0.25) is 15.0 Å². The molecule has 0 heterocycles. The Hall–Kier alpha value is -1.88. The highest BCUT2D eigenvalue weighted by Crippen LogP contribution is 2.22. The van der Waals surface area contributed by atoms with Crippen LogP contribution in [-0.4, -0.2) is 37.0 Å². The molecule has 0 saturated carbocycles. The van der Waals surface area contributed by atoms with Crippen LogP contribution in [0.5, 0.6) is 0 Å². The third kappa shape index (κ3) is 7.59. The molecule has 0 unspecified atom stereocenters. The zero-order valence-corrected chi connectivity index (χ0v) is 15.6. The van der Waals surface area contributed by atoms with E-state index < -0.39 is 6.03 Å². The van der Waals surface area contributed by atoms with Gasteiger partial charge in [-0.25, -0.2) is 4.79 Å². The van der Waals surface area contributed by atoms with E-state index >= 15 is 0 Å². The molecule has 3 amide bonds. The van der Waals surface area contributed by atoms with Crippen molar-refractivity contribution in [2.45, 2.75) is 52.5 Å². The van der Waals surface area contributed by atoms with Gasteiger partial charge in [-0.1, -0.05) is 58.4 Å². The van der Waals surface area contributed by atoms with Crippen LogP contribution in [0.15, 0.2) is 24.3 Å². The Morgan fingerprint density at radius 1 is 1.12 bits per heavy atom. The fourth-order valence-corrected chi connectivity index (χ4v) is 2.31. The van der Waals surface area contributed by atoms with Crippen molar-refractivity contribution in [2.24, 2.45) is 0 Å². The summed E-state index contributed by atoms with van der Waals surface area (Å²) >= 11 is 0. The predicted molar refractivity (Wildman–Crippen MR) is 97.9 cm³/mol. The van der Waals surface area contributed by atoms with Gasteiger partial charge in [0, 0.05) is 13.1 Å². The third-order valence-electron chi connectivity index (χ3n) is 3.75. The van der Waals surface area contributed by atoms with Crippen molar-refractivity contribution in [1.29, 1.82) is 0 Å². The molecule has 5 heteroatoms. The number of rotatable bonds is 7. The highest BCUT2D eigenvalue weighted by Gasteiger charge is 2.14. The Balaban J connectivity index is 2.41. The van der Waals surface area contributed by atoms with Gasteiger partial charge >= 0.3 is 6.03 Å². The van der Waals surface area contributed by atoms with Gasteiger partial charge in [0.15, 0.2) is 0 Å². The van der Waals surface area contributed by atoms with Crippen LogP contribution in [0.3, 0.4) is 0 Å². The lowest BCUT2D eigenvalue weighted by Crippen LogP contribution is -2.43. The molecule has 1 aromatic rings. The molecule has 0 radical (unpaired) electrons. The number of nitrogens with zero attached hydrogens (tertiary/aromatic N) is 1. The van der Waals surface area contributed by atoms with E-state index in [9.17, 15) is 9.59 Å². The van der Waals surface area contributed by atoms with Crippen molar-refractivity contribution in [3.63, 3.8) is 0 Å². The van der Waals surface area contributed by atoms with Gasteiger partial charge in [-0.05, 0) is 30.0 Å². The van der Waals surface area contributed by atoms with Crippen LogP contribution in [0.1, 0.15) is 51.7 Å². The molecule has 0 fully saturated rings. The Bertz CT molecular complexity index is 533. The Kier molecular flexibility index (Phi) is 7.92. The van der Waals surface area contributed by atoms with E-state index in [-0.39, 0.29) is 17.9 Å². The smallest absolute Gasteiger partial charge is 0.321 e. The minimum absolute atomic E-state index is 0.134. The largest absolute Gasteiger partial charge is 0.338 e. The van der Waals surface area contributed by atoms with Gasteiger partial charge in [0.25, 0.3) is 0 Å². The molecule has 0 bridgehead atoms. The molecule has 0 aliphatic rings. The number of carbonyl (C=O) groups excluding carboxylic acids is 2. The molecule has 0 aromatic heterocycles. The molecule has 1 rings (SSSR count). The molecule has 24 heavy (non-hydrogen) atoms. The topological polar surface area (TPSA) is 61.4 Å². The maximum atomic E-state index is 11.9. The van der Waals surface area contributed by atoms with Crippen molar-refractivity contribution in [3.8, 4) is 0 Å². The first-order valence-corrected chi connectivity index (χ1v) is 8.58. The summed E-state index contributed by atoms with van der Waals surface area (Å²) in [6.45, 7) is 10.0. The number of unbranched alkanes of at least 4 members (excludes halogenated alkanes) is 1. The summed E-state index contributed by atoms with van der Waals surface area (Å²) in [5, 5.41) is 5.02. The van der Waals surface area contributed by atoms with Crippen LogP contribution >= 0.6 is 0 Å². The number of benzene rings is 1. The van der Waals surface area contributed by atoms with Gasteiger partial charge in [0.05, 0.1) is 6.54 Å². The molecule has 0 spiro atoms. The average Bonchev–Trinajstić information content (AvgIpc) is 2.46. The molecule has 0 atom stereocenters. The van der Waals surface area contributed by atoms with Crippen LogP contribution in [0.4, 0.5) is 4.79 Å². The lowest BCUT2D eigenvalue weighted by molar-refractivity contribution is -0.120. The van der Waals surface area contributed by atoms with E-state index in [0.29, 0.717) is 13.1 Å². The van der Waals surface area contributed by atoms with E-state index in [1.807, 2.05) is 18.9 Å². The van der Waals surface area contributed by atoms with Crippen LogP contribution < -0.4 is 10.6 Å². The zero-order chi connectivity index (χ0) is 18.2. The van der Waals surface area contributed by atoms with E-state index in [1.165, 1.54) is 5.56 Å². The van der Waals surface area contributed by atoms with Gasteiger partial charge in [0.2, 0.25) is 5.91 Å². The number of nitrogens with one attached hydrogen (secondary N) is 2. The molecule has 5 nitrogen and oxygen atoms in total. The highest BCUT2D eigenvalue weighted by atomic mass is 16.2. The van der Waals surface area contributed by atoms with E-state index in [2.05, 4.69) is 55.7 Å². The Labute approximate surface area is 145 Å². The van der Waals surface area contributed by atoms with Crippen LogP contribution in [0.2, 0.25) is 0 Å². The summed E-state index contributed by atoms with van der Waals surface area (Å²) in [6.07, 6.45) is 1.91. The van der Waals surface area contributed by atoms with E-state index in [0.717, 1.165) is 18.4 Å². The highest BCUT2D eigenvalue weighted by molar-refractivity contribution is 5.95. The maximum absolute atomic E-state index is 11.9. The molecule has 0 aliphatic heterocycles. The van der Waals surface area contributed by atoms with Crippen molar-refractivity contribution < 1.29 is 9.59 Å². The van der Waals surface area contributed by atoms with Crippen LogP contribution in [0.25, 0.3) is 0 Å². The molecule has 1 aromatic carbocycles. The summed E-state index contributed by atoms with van der Waals surface area (Å²) in [7, 11) is 1.87. The van der Waals surface area contributed by atoms with Crippen LogP contribution in [-0.2, 0) is 16.8 Å². The quantitative estimate of drug-likeness (QED) is 0.754. The minimum atomic E-state index is -0.420. The normalized spacial score (nSPS) is 11.4. The second kappa shape index (κ2) is 9.42. The van der Waals surface area contributed by atoms with E-state index in [4.69, 9.17) is 0 Å². The minimum Gasteiger partial charge on any atom is -0.338 e. The lowest BCUT2D eigenvalue weighted by atomic mass is 9.87. The number of hydrogen-bond acceptors (Lipinski definition) is 3. The second-order valence-electron chi connectivity index (χ2n) is 7.28. The number of hydrogen-bond donors (Lipinski definition) is 2. The van der Waals surface area contributed by atoms with Crippen LogP contribution in [0, 0.1) is 0 Å².